The van der Waals surface area contributed by atoms with Crippen LogP contribution < -0.4 is 4.90 Å². The second kappa shape index (κ2) is 5.48. The molecule has 1 aromatic carbocycles. The van der Waals surface area contributed by atoms with Crippen LogP contribution in [0.2, 0.25) is 0 Å². The molecule has 19 heavy (non-hydrogen) atoms. The Labute approximate surface area is 111 Å². The number of aromatic nitrogens is 2. The summed E-state index contributed by atoms with van der Waals surface area (Å²) in [6.07, 6.45) is 2.99. The molecule has 0 radical (unpaired) electrons. The number of hydrogen-bond acceptors (Lipinski definition) is 5. The highest BCUT2D eigenvalue weighted by Crippen LogP contribution is 2.21. The first kappa shape index (κ1) is 13.0. The van der Waals surface area contributed by atoms with Crippen molar-refractivity contribution in [1.82, 2.24) is 9.97 Å². The molecular weight excluding hydrogens is 242 g/mol. The predicted octanol–water partition coefficient (Wildman–Crippen LogP) is 2.34. The Morgan fingerprint density at radius 3 is 2.53 bits per heavy atom. The van der Waals surface area contributed by atoms with E-state index in [0.29, 0.717) is 5.82 Å². The van der Waals surface area contributed by atoms with Crippen molar-refractivity contribution in [3.8, 4) is 0 Å². The molecule has 0 bridgehead atoms. The third-order valence-corrected chi connectivity index (χ3v) is 2.78. The van der Waals surface area contributed by atoms with Crippen LogP contribution >= 0.6 is 0 Å². The van der Waals surface area contributed by atoms with Gasteiger partial charge in [0.05, 0.1) is 19.5 Å². The van der Waals surface area contributed by atoms with Crippen molar-refractivity contribution in [1.29, 1.82) is 0 Å². The maximum atomic E-state index is 11.4. The number of hydrogen-bond donors (Lipinski definition) is 0. The van der Waals surface area contributed by atoms with Gasteiger partial charge in [-0.2, -0.15) is 0 Å². The fourth-order valence-electron chi connectivity index (χ4n) is 1.62. The number of nitrogens with zero attached hydrogens (tertiary/aromatic N) is 3. The molecule has 0 aliphatic heterocycles. The van der Waals surface area contributed by atoms with Crippen LogP contribution in [-0.2, 0) is 4.74 Å². The van der Waals surface area contributed by atoms with E-state index in [9.17, 15) is 4.79 Å². The summed E-state index contributed by atoms with van der Waals surface area (Å²) < 4.78 is 4.63. The number of rotatable bonds is 3. The van der Waals surface area contributed by atoms with Crippen LogP contribution in [-0.4, -0.2) is 30.1 Å². The fourth-order valence-corrected chi connectivity index (χ4v) is 1.62. The van der Waals surface area contributed by atoms with Crippen LogP contribution in [0.3, 0.4) is 0 Å². The van der Waals surface area contributed by atoms with E-state index in [1.807, 2.05) is 43.1 Å². The van der Waals surface area contributed by atoms with E-state index in [4.69, 9.17) is 0 Å². The average Bonchev–Trinajstić information content (AvgIpc) is 2.46. The fraction of sp³-hybridized carbons (Fsp3) is 0.214. The number of methoxy groups -OCH3 is 1. The number of carbonyl (C=O) groups excluding carboxylic acids is 1. The van der Waals surface area contributed by atoms with Gasteiger partial charge in [-0.1, -0.05) is 17.7 Å². The molecule has 0 N–H and O–H groups in total. The summed E-state index contributed by atoms with van der Waals surface area (Å²) in [5, 5.41) is 0. The third-order valence-electron chi connectivity index (χ3n) is 2.78. The van der Waals surface area contributed by atoms with Crippen molar-refractivity contribution in [2.45, 2.75) is 6.92 Å². The zero-order valence-electron chi connectivity index (χ0n) is 11.1. The second-order valence-corrected chi connectivity index (χ2v) is 4.15. The molecule has 0 unspecified atom stereocenters. The molecule has 2 rings (SSSR count). The molecule has 0 amide bonds. The molecule has 5 nitrogen and oxygen atoms in total. The standard InChI is InChI=1S/C14H15N3O2/c1-10-4-6-11(7-5-10)17(2)13-9-15-8-12(16-13)14(18)19-3/h4-9H,1-3H3. The van der Waals surface area contributed by atoms with Gasteiger partial charge in [-0.15, -0.1) is 0 Å². The van der Waals surface area contributed by atoms with Gasteiger partial charge in [-0.05, 0) is 19.1 Å². The first-order valence-electron chi connectivity index (χ1n) is 5.82. The maximum Gasteiger partial charge on any atom is 0.358 e. The van der Waals surface area contributed by atoms with Gasteiger partial charge in [0.2, 0.25) is 0 Å². The minimum absolute atomic E-state index is 0.193. The van der Waals surface area contributed by atoms with E-state index in [-0.39, 0.29) is 5.69 Å². The lowest BCUT2D eigenvalue weighted by Gasteiger charge is -2.18. The Bertz CT molecular complexity index is 581. The number of ether oxygens (including phenoxy) is 1. The molecule has 98 valence electrons. The Balaban J connectivity index is 2.31. The summed E-state index contributed by atoms with van der Waals surface area (Å²) in [4.78, 5) is 21.5. The molecule has 0 aliphatic carbocycles. The van der Waals surface area contributed by atoms with Crippen LogP contribution in [0.4, 0.5) is 11.5 Å². The lowest BCUT2D eigenvalue weighted by molar-refractivity contribution is 0.0593. The largest absolute Gasteiger partial charge is 0.464 e. The minimum atomic E-state index is -0.494. The van der Waals surface area contributed by atoms with Crippen molar-refractivity contribution in [3.63, 3.8) is 0 Å². The van der Waals surface area contributed by atoms with Crippen LogP contribution in [0.15, 0.2) is 36.7 Å². The number of aryl methyl sites for hydroxylation is 1. The highest BCUT2D eigenvalue weighted by Gasteiger charge is 2.11. The SMILES string of the molecule is COC(=O)c1cncc(N(C)c2ccc(C)cc2)n1. The lowest BCUT2D eigenvalue weighted by atomic mass is 10.2. The topological polar surface area (TPSA) is 55.3 Å². The van der Waals surface area contributed by atoms with Crippen LogP contribution in [0, 0.1) is 6.92 Å². The summed E-state index contributed by atoms with van der Waals surface area (Å²) in [7, 11) is 3.19. The van der Waals surface area contributed by atoms with Crippen LogP contribution in [0.5, 0.6) is 0 Å². The Kier molecular flexibility index (Phi) is 3.75. The molecule has 0 aliphatic rings. The first-order chi connectivity index (χ1) is 9.11. The predicted molar refractivity (Wildman–Crippen MR) is 72.6 cm³/mol. The summed E-state index contributed by atoms with van der Waals surface area (Å²) in [6.45, 7) is 2.03. The van der Waals surface area contributed by atoms with Crippen LogP contribution in [0.25, 0.3) is 0 Å². The molecule has 0 saturated heterocycles. The third kappa shape index (κ3) is 2.88. The summed E-state index contributed by atoms with van der Waals surface area (Å²) >= 11 is 0. The van der Waals surface area contributed by atoms with E-state index >= 15 is 0 Å². The molecular formula is C14H15N3O2. The van der Waals surface area contributed by atoms with E-state index in [1.54, 1.807) is 6.20 Å². The van der Waals surface area contributed by atoms with E-state index in [0.717, 1.165) is 5.69 Å². The summed E-state index contributed by atoms with van der Waals surface area (Å²) in [6, 6.07) is 8.01. The van der Waals surface area contributed by atoms with Crippen molar-refractivity contribution < 1.29 is 9.53 Å². The van der Waals surface area contributed by atoms with Crippen molar-refractivity contribution >= 4 is 17.5 Å². The van der Waals surface area contributed by atoms with E-state index in [2.05, 4.69) is 14.7 Å². The number of benzene rings is 1. The molecule has 0 atom stereocenters. The van der Waals surface area contributed by atoms with Gasteiger partial charge in [0.25, 0.3) is 0 Å². The Morgan fingerprint density at radius 2 is 1.89 bits per heavy atom. The number of anilines is 2. The summed E-state index contributed by atoms with van der Waals surface area (Å²) in [5.41, 5.74) is 2.35. The zero-order chi connectivity index (χ0) is 13.8. The molecule has 5 heteroatoms. The first-order valence-corrected chi connectivity index (χ1v) is 5.82. The normalized spacial score (nSPS) is 10.1. The molecule has 2 aromatic rings. The van der Waals surface area contributed by atoms with Crippen molar-refractivity contribution in [3.05, 3.63) is 47.9 Å². The highest BCUT2D eigenvalue weighted by atomic mass is 16.5. The van der Waals surface area contributed by atoms with Gasteiger partial charge < -0.3 is 9.64 Å². The maximum absolute atomic E-state index is 11.4. The molecule has 0 spiro atoms. The minimum Gasteiger partial charge on any atom is -0.464 e. The monoisotopic (exact) mass is 257 g/mol. The summed E-state index contributed by atoms with van der Waals surface area (Å²) in [5.74, 6) is 0.0957. The van der Waals surface area contributed by atoms with E-state index in [1.165, 1.54) is 18.9 Å². The van der Waals surface area contributed by atoms with Gasteiger partial charge in [0.15, 0.2) is 11.5 Å². The van der Waals surface area contributed by atoms with Gasteiger partial charge in [0.1, 0.15) is 0 Å². The van der Waals surface area contributed by atoms with Gasteiger partial charge >= 0.3 is 5.97 Å². The molecule has 0 fully saturated rings. The zero-order valence-corrected chi connectivity index (χ0v) is 11.1. The van der Waals surface area contributed by atoms with Gasteiger partial charge in [0, 0.05) is 12.7 Å². The average molecular weight is 257 g/mol. The quantitative estimate of drug-likeness (QED) is 0.790. The van der Waals surface area contributed by atoms with Gasteiger partial charge in [-0.25, -0.2) is 9.78 Å². The van der Waals surface area contributed by atoms with Gasteiger partial charge in [-0.3, -0.25) is 4.98 Å². The molecule has 1 aromatic heterocycles. The Morgan fingerprint density at radius 1 is 1.21 bits per heavy atom. The highest BCUT2D eigenvalue weighted by molar-refractivity contribution is 5.87. The lowest BCUT2D eigenvalue weighted by Crippen LogP contribution is -2.14. The molecule has 1 heterocycles. The second-order valence-electron chi connectivity index (χ2n) is 4.15. The van der Waals surface area contributed by atoms with E-state index < -0.39 is 5.97 Å². The Hall–Kier alpha value is -2.43. The number of carbonyl (C=O) groups is 1. The van der Waals surface area contributed by atoms with Crippen molar-refractivity contribution in [2.75, 3.05) is 19.1 Å². The number of esters is 1. The van der Waals surface area contributed by atoms with Crippen molar-refractivity contribution in [2.24, 2.45) is 0 Å². The van der Waals surface area contributed by atoms with Crippen LogP contribution in [0.1, 0.15) is 16.1 Å². The molecule has 0 saturated carbocycles. The smallest absolute Gasteiger partial charge is 0.358 e.